The lowest BCUT2D eigenvalue weighted by molar-refractivity contribution is 0.415. The minimum Gasteiger partial charge on any atom is -0.497 e. The summed E-state index contributed by atoms with van der Waals surface area (Å²) in [4.78, 5) is 14.0. The lowest BCUT2D eigenvalue weighted by Gasteiger charge is -2.19. The van der Waals surface area contributed by atoms with Gasteiger partial charge in [0.2, 0.25) is 0 Å². The van der Waals surface area contributed by atoms with Crippen molar-refractivity contribution in [3.8, 4) is 39.3 Å². The van der Waals surface area contributed by atoms with E-state index >= 15 is 0 Å². The number of rotatable bonds is 7. The first-order valence-electron chi connectivity index (χ1n) is 10.9. The molecule has 0 spiro atoms. The van der Waals surface area contributed by atoms with Crippen LogP contribution in [0.3, 0.4) is 0 Å². The van der Waals surface area contributed by atoms with Crippen molar-refractivity contribution in [1.29, 1.82) is 0 Å². The quantitative estimate of drug-likeness (QED) is 0.271. The van der Waals surface area contributed by atoms with E-state index in [1.165, 1.54) is 0 Å². The number of ether oxygens (including phenoxy) is 1. The van der Waals surface area contributed by atoms with Crippen LogP contribution in [0.5, 0.6) is 5.75 Å². The molecule has 0 N–H and O–H groups in total. The van der Waals surface area contributed by atoms with Crippen molar-refractivity contribution in [2.24, 2.45) is 0 Å². The molecule has 0 radical (unpaired) electrons. The largest absolute Gasteiger partial charge is 0.497 e. The standard InChI is InChI=1S/C28H26BrNO2/c1-3-4-18-30-26(21-12-16-24(32-2)17-13-21)19-25(20-8-6-5-7-9-20)27(28(30)31)22-10-14-23(29)15-11-22/h5-17,19H,3-4,18H2,1-2H3. The van der Waals surface area contributed by atoms with Gasteiger partial charge in [-0.1, -0.05) is 71.7 Å². The summed E-state index contributed by atoms with van der Waals surface area (Å²) < 4.78 is 8.25. The zero-order chi connectivity index (χ0) is 22.5. The molecule has 0 aliphatic heterocycles. The van der Waals surface area contributed by atoms with Crippen LogP contribution in [0.15, 0.2) is 94.2 Å². The van der Waals surface area contributed by atoms with E-state index in [1.807, 2.05) is 71.3 Å². The van der Waals surface area contributed by atoms with Gasteiger partial charge in [-0.3, -0.25) is 4.79 Å². The molecule has 32 heavy (non-hydrogen) atoms. The molecule has 0 unspecified atom stereocenters. The molecule has 0 saturated carbocycles. The maximum absolute atomic E-state index is 14.0. The lowest BCUT2D eigenvalue weighted by atomic mass is 9.93. The third-order valence-electron chi connectivity index (χ3n) is 5.64. The molecule has 0 saturated heterocycles. The van der Waals surface area contributed by atoms with Gasteiger partial charge in [0.05, 0.1) is 18.4 Å². The zero-order valence-electron chi connectivity index (χ0n) is 18.3. The topological polar surface area (TPSA) is 31.2 Å². The molecule has 3 nitrogen and oxygen atoms in total. The van der Waals surface area contributed by atoms with Crippen LogP contribution in [0.25, 0.3) is 33.5 Å². The maximum atomic E-state index is 14.0. The highest BCUT2D eigenvalue weighted by atomic mass is 79.9. The van der Waals surface area contributed by atoms with Crippen LogP contribution >= 0.6 is 15.9 Å². The number of nitrogens with zero attached hydrogens (tertiary/aromatic N) is 1. The van der Waals surface area contributed by atoms with Crippen molar-refractivity contribution in [1.82, 2.24) is 4.57 Å². The Kier molecular flexibility index (Phi) is 6.91. The van der Waals surface area contributed by atoms with Gasteiger partial charge in [0.1, 0.15) is 5.75 Å². The molecule has 1 aromatic heterocycles. The van der Waals surface area contributed by atoms with Crippen molar-refractivity contribution < 1.29 is 4.74 Å². The van der Waals surface area contributed by atoms with Gasteiger partial charge in [-0.15, -0.1) is 0 Å². The highest BCUT2D eigenvalue weighted by Gasteiger charge is 2.18. The predicted molar refractivity (Wildman–Crippen MR) is 136 cm³/mol. The fourth-order valence-electron chi connectivity index (χ4n) is 3.93. The van der Waals surface area contributed by atoms with Crippen molar-refractivity contribution in [2.75, 3.05) is 7.11 Å². The number of pyridine rings is 1. The van der Waals surface area contributed by atoms with Crippen LogP contribution in [-0.2, 0) is 6.54 Å². The minimum absolute atomic E-state index is 0.0351. The first kappa shape index (κ1) is 22.1. The van der Waals surface area contributed by atoms with E-state index in [9.17, 15) is 4.79 Å². The Morgan fingerprint density at radius 3 is 2.12 bits per heavy atom. The molecule has 1 heterocycles. The molecule has 0 aliphatic carbocycles. The van der Waals surface area contributed by atoms with E-state index in [0.29, 0.717) is 6.54 Å². The van der Waals surface area contributed by atoms with Crippen LogP contribution in [0, 0.1) is 0 Å². The van der Waals surface area contributed by atoms with Crippen molar-refractivity contribution in [2.45, 2.75) is 26.3 Å². The summed E-state index contributed by atoms with van der Waals surface area (Å²) in [5.74, 6) is 0.797. The second-order valence-corrected chi connectivity index (χ2v) is 8.65. The molecule has 3 aromatic carbocycles. The molecule has 0 fully saturated rings. The van der Waals surface area contributed by atoms with Crippen LogP contribution in [-0.4, -0.2) is 11.7 Å². The molecular formula is C28H26BrNO2. The monoisotopic (exact) mass is 487 g/mol. The van der Waals surface area contributed by atoms with Gasteiger partial charge in [-0.2, -0.15) is 0 Å². The number of aromatic nitrogens is 1. The molecule has 0 bridgehead atoms. The third-order valence-corrected chi connectivity index (χ3v) is 6.17. The summed E-state index contributed by atoms with van der Waals surface area (Å²) >= 11 is 3.51. The van der Waals surface area contributed by atoms with Gasteiger partial charge in [0.25, 0.3) is 5.56 Å². The molecule has 162 valence electrons. The Labute approximate surface area is 197 Å². The summed E-state index contributed by atoms with van der Waals surface area (Å²) in [5.41, 5.74) is 5.58. The van der Waals surface area contributed by atoms with E-state index in [1.54, 1.807) is 7.11 Å². The van der Waals surface area contributed by atoms with Gasteiger partial charge < -0.3 is 9.30 Å². The number of unbranched alkanes of at least 4 members (excludes halogenated alkanes) is 1. The van der Waals surface area contributed by atoms with Crippen LogP contribution in [0.4, 0.5) is 0 Å². The van der Waals surface area contributed by atoms with Gasteiger partial charge >= 0.3 is 0 Å². The average Bonchev–Trinajstić information content (AvgIpc) is 2.84. The summed E-state index contributed by atoms with van der Waals surface area (Å²) in [5, 5.41) is 0. The Morgan fingerprint density at radius 1 is 0.844 bits per heavy atom. The Balaban J connectivity index is 2.02. The van der Waals surface area contributed by atoms with Crippen LogP contribution < -0.4 is 10.3 Å². The Morgan fingerprint density at radius 2 is 1.50 bits per heavy atom. The third kappa shape index (κ3) is 4.56. The van der Waals surface area contributed by atoms with E-state index in [0.717, 1.165) is 56.6 Å². The van der Waals surface area contributed by atoms with Crippen molar-refractivity contribution >= 4 is 15.9 Å². The second kappa shape index (κ2) is 10.0. The summed E-state index contributed by atoms with van der Waals surface area (Å²) in [6.45, 7) is 2.82. The van der Waals surface area contributed by atoms with Gasteiger partial charge in [0.15, 0.2) is 0 Å². The number of benzene rings is 3. The van der Waals surface area contributed by atoms with E-state index < -0.39 is 0 Å². The second-order valence-electron chi connectivity index (χ2n) is 7.73. The molecule has 4 rings (SSSR count). The highest BCUT2D eigenvalue weighted by Crippen LogP contribution is 2.34. The molecular weight excluding hydrogens is 462 g/mol. The molecule has 0 atom stereocenters. The Bertz CT molecular complexity index is 1240. The first-order valence-corrected chi connectivity index (χ1v) is 11.6. The fourth-order valence-corrected chi connectivity index (χ4v) is 4.19. The van der Waals surface area contributed by atoms with E-state index in [-0.39, 0.29) is 5.56 Å². The van der Waals surface area contributed by atoms with E-state index in [2.05, 4.69) is 41.1 Å². The lowest BCUT2D eigenvalue weighted by Crippen LogP contribution is -2.24. The van der Waals surface area contributed by atoms with Crippen molar-refractivity contribution in [3.05, 3.63) is 99.8 Å². The van der Waals surface area contributed by atoms with Crippen LogP contribution in [0.2, 0.25) is 0 Å². The predicted octanol–water partition coefficient (Wildman–Crippen LogP) is 7.42. The van der Waals surface area contributed by atoms with Gasteiger partial charge in [-0.25, -0.2) is 0 Å². The van der Waals surface area contributed by atoms with Crippen LogP contribution in [0.1, 0.15) is 19.8 Å². The molecule has 4 aromatic rings. The zero-order valence-corrected chi connectivity index (χ0v) is 19.9. The highest BCUT2D eigenvalue weighted by molar-refractivity contribution is 9.10. The summed E-state index contributed by atoms with van der Waals surface area (Å²) in [6.07, 6.45) is 1.95. The van der Waals surface area contributed by atoms with Gasteiger partial charge in [-0.05, 0) is 71.1 Å². The number of hydrogen-bond acceptors (Lipinski definition) is 2. The molecule has 4 heteroatoms. The number of halogens is 1. The molecule has 0 aliphatic rings. The average molecular weight is 488 g/mol. The number of hydrogen-bond donors (Lipinski definition) is 0. The number of methoxy groups -OCH3 is 1. The van der Waals surface area contributed by atoms with E-state index in [4.69, 9.17) is 4.74 Å². The summed E-state index contributed by atoms with van der Waals surface area (Å²) in [6, 6.07) is 28.2. The minimum atomic E-state index is 0.0351. The smallest absolute Gasteiger partial charge is 0.259 e. The SMILES string of the molecule is CCCCn1c(-c2ccc(OC)cc2)cc(-c2ccccc2)c(-c2ccc(Br)cc2)c1=O. The normalized spacial score (nSPS) is 10.8. The Hall–Kier alpha value is -3.11. The van der Waals surface area contributed by atoms with Gasteiger partial charge in [0, 0.05) is 11.0 Å². The summed E-state index contributed by atoms with van der Waals surface area (Å²) in [7, 11) is 1.66. The molecule has 0 amide bonds. The first-order chi connectivity index (χ1) is 15.6. The maximum Gasteiger partial charge on any atom is 0.259 e. The van der Waals surface area contributed by atoms with Crippen molar-refractivity contribution in [3.63, 3.8) is 0 Å². The fraction of sp³-hybridized carbons (Fsp3) is 0.179.